The molecule has 1 aliphatic rings. The minimum Gasteiger partial charge on any atom is -0.367 e. The van der Waals surface area contributed by atoms with Crippen LogP contribution in [0.15, 0.2) is 23.3 Å². The van der Waals surface area contributed by atoms with Crippen molar-refractivity contribution < 1.29 is 4.79 Å². The van der Waals surface area contributed by atoms with E-state index in [2.05, 4.69) is 10.3 Å². The standard InChI is InChI=1S/C12H16N2O2S/c15-11-4-5-13-8-10(11)12(16)14-7-9-3-1-2-6-17-9/h4-5,8-9H,1-3,6-7H2,(H,13,15)(H,14,16). The van der Waals surface area contributed by atoms with Gasteiger partial charge in [-0.25, -0.2) is 0 Å². The van der Waals surface area contributed by atoms with Gasteiger partial charge >= 0.3 is 0 Å². The van der Waals surface area contributed by atoms with Crippen LogP contribution in [0.2, 0.25) is 0 Å². The first-order valence-electron chi connectivity index (χ1n) is 5.84. The molecule has 92 valence electrons. The molecule has 1 fully saturated rings. The van der Waals surface area contributed by atoms with Gasteiger partial charge in [0.2, 0.25) is 0 Å². The summed E-state index contributed by atoms with van der Waals surface area (Å²) in [5, 5.41) is 3.33. The zero-order valence-corrected chi connectivity index (χ0v) is 10.4. The van der Waals surface area contributed by atoms with Crippen LogP contribution in [0, 0.1) is 0 Å². The molecule has 0 aliphatic carbocycles. The Morgan fingerprint density at radius 2 is 2.41 bits per heavy atom. The number of carbonyl (C=O) groups excluding carboxylic acids is 1. The molecule has 1 unspecified atom stereocenters. The van der Waals surface area contributed by atoms with E-state index < -0.39 is 0 Å². The van der Waals surface area contributed by atoms with E-state index in [9.17, 15) is 9.59 Å². The van der Waals surface area contributed by atoms with Gasteiger partial charge in [-0.2, -0.15) is 11.8 Å². The molecule has 2 N–H and O–H groups in total. The lowest BCUT2D eigenvalue weighted by molar-refractivity contribution is 0.0952. The van der Waals surface area contributed by atoms with Crippen LogP contribution >= 0.6 is 11.8 Å². The molecule has 0 radical (unpaired) electrons. The second-order valence-corrected chi connectivity index (χ2v) is 5.53. The fourth-order valence-electron chi connectivity index (χ4n) is 1.86. The Bertz CT molecular complexity index is 438. The number of nitrogens with one attached hydrogen (secondary N) is 2. The second-order valence-electron chi connectivity index (χ2n) is 4.12. The SMILES string of the molecule is O=C(NCC1CCCCS1)c1c[nH]ccc1=O. The van der Waals surface area contributed by atoms with Crippen molar-refractivity contribution in [2.24, 2.45) is 0 Å². The number of aromatic nitrogens is 1. The third kappa shape index (κ3) is 3.36. The summed E-state index contributed by atoms with van der Waals surface area (Å²) in [6.07, 6.45) is 6.63. The molecule has 0 saturated carbocycles. The predicted molar refractivity (Wildman–Crippen MR) is 69.5 cm³/mol. The molecule has 0 aromatic carbocycles. The molecular weight excluding hydrogens is 236 g/mol. The van der Waals surface area contributed by atoms with Gasteiger partial charge in [-0.1, -0.05) is 6.42 Å². The van der Waals surface area contributed by atoms with Gasteiger partial charge in [0.15, 0.2) is 5.43 Å². The third-order valence-corrected chi connectivity index (χ3v) is 4.23. The van der Waals surface area contributed by atoms with E-state index in [1.165, 1.54) is 37.1 Å². The summed E-state index contributed by atoms with van der Waals surface area (Å²) in [5.41, 5.74) is -0.0501. The molecule has 1 aliphatic heterocycles. The molecule has 1 aromatic rings. The lowest BCUT2D eigenvalue weighted by atomic mass is 10.2. The zero-order chi connectivity index (χ0) is 12.1. The van der Waals surface area contributed by atoms with Crippen LogP contribution in [0.3, 0.4) is 0 Å². The highest BCUT2D eigenvalue weighted by Gasteiger charge is 2.16. The van der Waals surface area contributed by atoms with E-state index >= 15 is 0 Å². The third-order valence-electron chi connectivity index (χ3n) is 2.83. The molecule has 0 spiro atoms. The maximum Gasteiger partial charge on any atom is 0.256 e. The zero-order valence-electron chi connectivity index (χ0n) is 9.57. The van der Waals surface area contributed by atoms with E-state index in [4.69, 9.17) is 0 Å². The predicted octanol–water partition coefficient (Wildman–Crippen LogP) is 1.39. The fourth-order valence-corrected chi connectivity index (χ4v) is 3.10. The molecule has 2 rings (SSSR count). The molecule has 1 aromatic heterocycles. The number of hydrogen-bond acceptors (Lipinski definition) is 3. The van der Waals surface area contributed by atoms with Crippen LogP contribution < -0.4 is 10.7 Å². The van der Waals surface area contributed by atoms with E-state index in [1.807, 2.05) is 11.8 Å². The van der Waals surface area contributed by atoms with Crippen LogP contribution in [0.5, 0.6) is 0 Å². The Balaban J connectivity index is 1.89. The first-order valence-corrected chi connectivity index (χ1v) is 6.89. The number of thioether (sulfide) groups is 1. The largest absolute Gasteiger partial charge is 0.367 e. The van der Waals surface area contributed by atoms with Gasteiger partial charge in [0.05, 0.1) is 0 Å². The summed E-state index contributed by atoms with van der Waals surface area (Å²) in [4.78, 5) is 25.9. The summed E-state index contributed by atoms with van der Waals surface area (Å²) >= 11 is 1.90. The lowest BCUT2D eigenvalue weighted by Crippen LogP contribution is -2.34. The molecule has 2 heterocycles. The second kappa shape index (κ2) is 5.91. The Labute approximate surface area is 104 Å². The van der Waals surface area contributed by atoms with Gasteiger partial charge in [-0.05, 0) is 18.6 Å². The molecule has 5 heteroatoms. The number of rotatable bonds is 3. The highest BCUT2D eigenvalue weighted by Crippen LogP contribution is 2.24. The normalized spacial score (nSPS) is 19.9. The topological polar surface area (TPSA) is 62.0 Å². The van der Waals surface area contributed by atoms with Gasteiger partial charge in [0.1, 0.15) is 5.56 Å². The monoisotopic (exact) mass is 252 g/mol. The van der Waals surface area contributed by atoms with Crippen molar-refractivity contribution in [3.63, 3.8) is 0 Å². The number of pyridine rings is 1. The minimum atomic E-state index is -0.280. The van der Waals surface area contributed by atoms with Gasteiger partial charge < -0.3 is 10.3 Å². The summed E-state index contributed by atoms with van der Waals surface area (Å²) < 4.78 is 0. The van der Waals surface area contributed by atoms with Crippen molar-refractivity contribution in [3.8, 4) is 0 Å². The van der Waals surface area contributed by atoms with Crippen molar-refractivity contribution in [2.45, 2.75) is 24.5 Å². The van der Waals surface area contributed by atoms with Crippen molar-refractivity contribution in [2.75, 3.05) is 12.3 Å². The fraction of sp³-hybridized carbons (Fsp3) is 0.500. The van der Waals surface area contributed by atoms with E-state index in [1.54, 1.807) is 0 Å². The van der Waals surface area contributed by atoms with E-state index in [-0.39, 0.29) is 16.9 Å². The van der Waals surface area contributed by atoms with Gasteiger partial charge in [0.25, 0.3) is 5.91 Å². The van der Waals surface area contributed by atoms with Crippen LogP contribution in [0.4, 0.5) is 0 Å². The maximum atomic E-state index is 11.8. The van der Waals surface area contributed by atoms with Crippen molar-refractivity contribution in [1.82, 2.24) is 10.3 Å². The number of amides is 1. The quantitative estimate of drug-likeness (QED) is 0.854. The highest BCUT2D eigenvalue weighted by atomic mass is 32.2. The smallest absolute Gasteiger partial charge is 0.256 e. The summed E-state index contributed by atoms with van der Waals surface area (Å²) in [6.45, 7) is 0.651. The van der Waals surface area contributed by atoms with E-state index in [0.717, 1.165) is 6.42 Å². The summed E-state index contributed by atoms with van der Waals surface area (Å²) in [7, 11) is 0. The number of H-pyrrole nitrogens is 1. The average molecular weight is 252 g/mol. The van der Waals surface area contributed by atoms with Crippen LogP contribution in [0.1, 0.15) is 29.6 Å². The molecule has 4 nitrogen and oxygen atoms in total. The molecule has 1 atom stereocenters. The Kier molecular flexibility index (Phi) is 4.25. The van der Waals surface area contributed by atoms with Crippen LogP contribution in [-0.2, 0) is 0 Å². The molecule has 1 saturated heterocycles. The summed E-state index contributed by atoms with van der Waals surface area (Å²) in [5.74, 6) is 0.893. The highest BCUT2D eigenvalue weighted by molar-refractivity contribution is 7.99. The van der Waals surface area contributed by atoms with Gasteiger partial charge in [-0.15, -0.1) is 0 Å². The Morgan fingerprint density at radius 1 is 1.53 bits per heavy atom. The maximum absolute atomic E-state index is 11.8. The molecule has 1 amide bonds. The number of aromatic amines is 1. The average Bonchev–Trinajstić information content (AvgIpc) is 2.38. The first kappa shape index (κ1) is 12.2. The molecular formula is C12H16N2O2S. The van der Waals surface area contributed by atoms with Crippen molar-refractivity contribution in [3.05, 3.63) is 34.2 Å². The molecule has 0 bridgehead atoms. The Hall–Kier alpha value is -1.23. The van der Waals surface area contributed by atoms with Gasteiger partial charge in [0, 0.05) is 30.3 Å². The minimum absolute atomic E-state index is 0.188. The number of hydrogen-bond donors (Lipinski definition) is 2. The first-order chi connectivity index (χ1) is 8.27. The van der Waals surface area contributed by atoms with Crippen LogP contribution in [-0.4, -0.2) is 28.4 Å². The van der Waals surface area contributed by atoms with Crippen LogP contribution in [0.25, 0.3) is 0 Å². The number of carbonyl (C=O) groups is 1. The van der Waals surface area contributed by atoms with Crippen molar-refractivity contribution >= 4 is 17.7 Å². The van der Waals surface area contributed by atoms with Gasteiger partial charge in [-0.3, -0.25) is 9.59 Å². The molecule has 17 heavy (non-hydrogen) atoms. The summed E-state index contributed by atoms with van der Waals surface area (Å²) in [6, 6.07) is 1.37. The Morgan fingerprint density at radius 3 is 3.12 bits per heavy atom. The van der Waals surface area contributed by atoms with Crippen molar-refractivity contribution in [1.29, 1.82) is 0 Å². The van der Waals surface area contributed by atoms with E-state index in [0.29, 0.717) is 11.8 Å². The lowest BCUT2D eigenvalue weighted by Gasteiger charge is -2.21.